The maximum atomic E-state index is 14.6. The van der Waals surface area contributed by atoms with Gasteiger partial charge in [0.1, 0.15) is 23.9 Å². The zero-order valence-electron chi connectivity index (χ0n) is 13.6. The van der Waals surface area contributed by atoms with Crippen molar-refractivity contribution in [2.24, 2.45) is 0 Å². The van der Waals surface area contributed by atoms with Crippen LogP contribution in [0.4, 0.5) is 20.3 Å². The van der Waals surface area contributed by atoms with E-state index in [0.29, 0.717) is 11.0 Å². The SMILES string of the molecule is COc1cc(N(CC#N)c2cnc3ccccc3n2)c(F)c(F)c1C#N. The second kappa shape index (κ2) is 6.99. The molecule has 0 amide bonds. The van der Waals surface area contributed by atoms with Crippen molar-refractivity contribution in [3.05, 3.63) is 53.7 Å². The van der Waals surface area contributed by atoms with Gasteiger partial charge in [-0.25, -0.2) is 13.8 Å². The van der Waals surface area contributed by atoms with E-state index in [2.05, 4.69) is 9.97 Å². The first-order chi connectivity index (χ1) is 12.6. The van der Waals surface area contributed by atoms with Crippen molar-refractivity contribution in [2.75, 3.05) is 18.6 Å². The highest BCUT2D eigenvalue weighted by Gasteiger charge is 2.24. The molecule has 128 valence electrons. The third-order valence-corrected chi connectivity index (χ3v) is 3.72. The summed E-state index contributed by atoms with van der Waals surface area (Å²) >= 11 is 0. The Morgan fingerprint density at radius 1 is 1.15 bits per heavy atom. The number of nitrogens with zero attached hydrogens (tertiary/aromatic N) is 5. The van der Waals surface area contributed by atoms with Gasteiger partial charge in [-0.05, 0) is 12.1 Å². The molecule has 26 heavy (non-hydrogen) atoms. The molecule has 0 atom stereocenters. The smallest absolute Gasteiger partial charge is 0.184 e. The molecule has 6 nitrogen and oxygen atoms in total. The Morgan fingerprint density at radius 3 is 2.54 bits per heavy atom. The molecule has 1 aromatic heterocycles. The lowest BCUT2D eigenvalue weighted by molar-refractivity contribution is 0.404. The van der Waals surface area contributed by atoms with Crippen LogP contribution in [0.15, 0.2) is 36.5 Å². The predicted molar refractivity (Wildman–Crippen MR) is 89.8 cm³/mol. The van der Waals surface area contributed by atoms with Gasteiger partial charge in [0.05, 0.1) is 36.1 Å². The van der Waals surface area contributed by atoms with Crippen LogP contribution in [0.25, 0.3) is 11.0 Å². The molecule has 0 aliphatic rings. The number of methoxy groups -OCH3 is 1. The molecular formula is C18H11F2N5O. The maximum absolute atomic E-state index is 14.6. The topological polar surface area (TPSA) is 85.8 Å². The summed E-state index contributed by atoms with van der Waals surface area (Å²) in [5.41, 5.74) is 0.339. The van der Waals surface area contributed by atoms with E-state index in [0.717, 1.165) is 6.07 Å². The minimum Gasteiger partial charge on any atom is -0.495 e. The molecule has 8 heteroatoms. The van der Waals surface area contributed by atoms with E-state index < -0.39 is 17.2 Å². The van der Waals surface area contributed by atoms with E-state index >= 15 is 0 Å². The Labute approximate surface area is 147 Å². The van der Waals surface area contributed by atoms with Crippen LogP contribution in [0, 0.1) is 34.3 Å². The highest BCUT2D eigenvalue weighted by atomic mass is 19.2. The van der Waals surface area contributed by atoms with Gasteiger partial charge in [0.15, 0.2) is 17.5 Å². The van der Waals surface area contributed by atoms with Crippen LogP contribution < -0.4 is 9.64 Å². The largest absolute Gasteiger partial charge is 0.495 e. The Bertz CT molecular complexity index is 1070. The van der Waals surface area contributed by atoms with Gasteiger partial charge in [-0.1, -0.05) is 12.1 Å². The summed E-state index contributed by atoms with van der Waals surface area (Å²) in [6, 6.07) is 11.6. The molecule has 3 aromatic rings. The van der Waals surface area contributed by atoms with Crippen molar-refractivity contribution in [2.45, 2.75) is 0 Å². The standard InChI is InChI=1S/C18H11F2N5O/c1-26-15-8-14(18(20)17(19)11(15)9-22)25(7-6-21)16-10-23-12-4-2-3-5-13(12)24-16/h2-5,8,10H,7H2,1H3. The fourth-order valence-corrected chi connectivity index (χ4v) is 2.49. The average Bonchev–Trinajstić information content (AvgIpc) is 2.68. The number of fused-ring (bicyclic) bond motifs is 1. The summed E-state index contributed by atoms with van der Waals surface area (Å²) in [6.07, 6.45) is 1.36. The molecule has 0 saturated heterocycles. The van der Waals surface area contributed by atoms with Gasteiger partial charge in [0.2, 0.25) is 0 Å². The zero-order chi connectivity index (χ0) is 18.7. The number of nitriles is 2. The maximum Gasteiger partial charge on any atom is 0.184 e. The lowest BCUT2D eigenvalue weighted by atomic mass is 10.1. The molecule has 0 radical (unpaired) electrons. The van der Waals surface area contributed by atoms with Crippen molar-refractivity contribution in [1.82, 2.24) is 9.97 Å². The predicted octanol–water partition coefficient (Wildman–Crippen LogP) is 3.45. The monoisotopic (exact) mass is 351 g/mol. The van der Waals surface area contributed by atoms with Gasteiger partial charge >= 0.3 is 0 Å². The molecule has 0 N–H and O–H groups in total. The minimum atomic E-state index is -1.35. The summed E-state index contributed by atoms with van der Waals surface area (Å²) in [6.45, 7) is -0.307. The molecular weight excluding hydrogens is 340 g/mol. The number of rotatable bonds is 4. The van der Waals surface area contributed by atoms with Crippen LogP contribution in [0.5, 0.6) is 5.75 Å². The normalized spacial score (nSPS) is 10.2. The van der Waals surface area contributed by atoms with Gasteiger partial charge in [0.25, 0.3) is 0 Å². The van der Waals surface area contributed by atoms with Crippen molar-refractivity contribution in [1.29, 1.82) is 10.5 Å². The number of hydrogen-bond donors (Lipinski definition) is 0. The number of ether oxygens (including phenoxy) is 1. The van der Waals surface area contributed by atoms with Crippen LogP contribution in [-0.2, 0) is 0 Å². The molecule has 0 aliphatic heterocycles. The van der Waals surface area contributed by atoms with E-state index in [-0.39, 0.29) is 23.8 Å². The Kier molecular flexibility index (Phi) is 4.59. The van der Waals surface area contributed by atoms with Gasteiger partial charge in [-0.15, -0.1) is 0 Å². The average molecular weight is 351 g/mol. The Hall–Kier alpha value is -3.78. The van der Waals surface area contributed by atoms with Crippen LogP contribution >= 0.6 is 0 Å². The Morgan fingerprint density at radius 2 is 1.88 bits per heavy atom. The summed E-state index contributed by atoms with van der Waals surface area (Å²) in [5, 5.41) is 18.1. The van der Waals surface area contributed by atoms with Crippen molar-refractivity contribution in [3.8, 4) is 17.9 Å². The minimum absolute atomic E-state index is 0.141. The molecule has 0 aliphatic carbocycles. The van der Waals surface area contributed by atoms with E-state index in [4.69, 9.17) is 15.3 Å². The number of halogens is 2. The molecule has 1 heterocycles. The van der Waals surface area contributed by atoms with Gasteiger partial charge in [-0.3, -0.25) is 4.98 Å². The van der Waals surface area contributed by atoms with Crippen molar-refractivity contribution < 1.29 is 13.5 Å². The lowest BCUT2D eigenvalue weighted by Crippen LogP contribution is -2.21. The van der Waals surface area contributed by atoms with Gasteiger partial charge in [0, 0.05) is 6.07 Å². The Balaban J connectivity index is 2.21. The van der Waals surface area contributed by atoms with Crippen molar-refractivity contribution in [3.63, 3.8) is 0 Å². The number of anilines is 2. The first-order valence-electron chi connectivity index (χ1n) is 7.43. The molecule has 0 spiro atoms. The van der Waals surface area contributed by atoms with Crippen LogP contribution in [0.2, 0.25) is 0 Å². The van der Waals surface area contributed by atoms with Crippen LogP contribution in [-0.4, -0.2) is 23.6 Å². The van der Waals surface area contributed by atoms with E-state index in [1.807, 2.05) is 6.07 Å². The van der Waals surface area contributed by atoms with E-state index in [1.165, 1.54) is 18.2 Å². The third kappa shape index (κ3) is 2.85. The summed E-state index contributed by atoms with van der Waals surface area (Å²) in [4.78, 5) is 9.75. The first kappa shape index (κ1) is 17.1. The number of para-hydroxylation sites is 2. The second-order valence-corrected chi connectivity index (χ2v) is 5.17. The van der Waals surface area contributed by atoms with Crippen molar-refractivity contribution >= 4 is 22.5 Å². The zero-order valence-corrected chi connectivity index (χ0v) is 13.6. The highest BCUT2D eigenvalue weighted by molar-refractivity contribution is 5.77. The summed E-state index contributed by atoms with van der Waals surface area (Å²) in [7, 11) is 1.24. The quantitative estimate of drug-likeness (QED) is 0.669. The van der Waals surface area contributed by atoms with E-state index in [9.17, 15) is 8.78 Å². The first-order valence-corrected chi connectivity index (χ1v) is 7.43. The van der Waals surface area contributed by atoms with Gasteiger partial charge < -0.3 is 9.64 Å². The molecule has 0 unspecified atom stereocenters. The number of hydrogen-bond acceptors (Lipinski definition) is 6. The fraction of sp³-hybridized carbons (Fsp3) is 0.111. The van der Waals surface area contributed by atoms with E-state index in [1.54, 1.807) is 30.3 Å². The number of benzene rings is 2. The second-order valence-electron chi connectivity index (χ2n) is 5.17. The van der Waals surface area contributed by atoms with Gasteiger partial charge in [-0.2, -0.15) is 10.5 Å². The number of aromatic nitrogens is 2. The summed E-state index contributed by atoms with van der Waals surface area (Å²) < 4.78 is 33.8. The fourth-order valence-electron chi connectivity index (χ4n) is 2.49. The highest BCUT2D eigenvalue weighted by Crippen LogP contribution is 2.34. The molecule has 0 saturated carbocycles. The summed E-state index contributed by atoms with van der Waals surface area (Å²) in [5.74, 6) is -2.60. The molecule has 2 aromatic carbocycles. The molecule has 0 fully saturated rings. The third-order valence-electron chi connectivity index (χ3n) is 3.72. The molecule has 0 bridgehead atoms. The van der Waals surface area contributed by atoms with Crippen LogP contribution in [0.1, 0.15) is 5.56 Å². The molecule has 3 rings (SSSR count). The van der Waals surface area contributed by atoms with Crippen LogP contribution in [0.3, 0.4) is 0 Å². The lowest BCUT2D eigenvalue weighted by Gasteiger charge is -2.22.